The molecule has 0 spiro atoms. The minimum absolute atomic E-state index is 0.0299. The van der Waals surface area contributed by atoms with Gasteiger partial charge < -0.3 is 15.2 Å². The second-order valence-electron chi connectivity index (χ2n) is 4.81. The number of nitrogens with one attached hydrogen (secondary N) is 2. The molecule has 0 aliphatic carbocycles. The van der Waals surface area contributed by atoms with Gasteiger partial charge in [0.05, 0.1) is 0 Å². The fourth-order valence-electron chi connectivity index (χ4n) is 2.19. The van der Waals surface area contributed by atoms with Gasteiger partial charge in [-0.3, -0.25) is 4.79 Å². The molecule has 1 aliphatic rings. The van der Waals surface area contributed by atoms with E-state index in [0.717, 1.165) is 29.3 Å². The molecule has 3 rings (SSSR count). The van der Waals surface area contributed by atoms with Crippen LogP contribution in [0.2, 0.25) is 0 Å². The van der Waals surface area contributed by atoms with Crippen molar-refractivity contribution in [3.05, 3.63) is 30.7 Å². The van der Waals surface area contributed by atoms with E-state index in [1.165, 1.54) is 6.39 Å². The lowest BCUT2D eigenvalue weighted by molar-refractivity contribution is -0.116. The van der Waals surface area contributed by atoms with Gasteiger partial charge in [-0.15, -0.1) is 0 Å². The third kappa shape index (κ3) is 3.83. The van der Waals surface area contributed by atoms with Crippen LogP contribution in [-0.4, -0.2) is 40.1 Å². The molecule has 1 unspecified atom stereocenters. The summed E-state index contributed by atoms with van der Waals surface area (Å²) in [7, 11) is 0. The highest BCUT2D eigenvalue weighted by molar-refractivity contribution is 7.99. The maximum absolute atomic E-state index is 12.0. The molecule has 1 amide bonds. The smallest absolute Gasteiger partial charge is 0.225 e. The summed E-state index contributed by atoms with van der Waals surface area (Å²) in [6.45, 7) is 0.974. The Labute approximate surface area is 126 Å². The van der Waals surface area contributed by atoms with Gasteiger partial charge in [0.2, 0.25) is 18.1 Å². The van der Waals surface area contributed by atoms with Crippen LogP contribution in [0.1, 0.15) is 6.42 Å². The van der Waals surface area contributed by atoms with E-state index >= 15 is 0 Å². The van der Waals surface area contributed by atoms with Crippen LogP contribution in [0.25, 0.3) is 11.4 Å². The summed E-state index contributed by atoms with van der Waals surface area (Å²) in [6, 6.07) is 7.66. The molecule has 1 atom stereocenters. The van der Waals surface area contributed by atoms with Gasteiger partial charge in [-0.2, -0.15) is 16.7 Å². The Morgan fingerprint density at radius 3 is 2.95 bits per heavy atom. The standard InChI is InChI=1S/C14H16N4O2S/c19-13(7-12-8-21-6-5-15-12)17-11-3-1-10(2-4-11)14-16-9-20-18-14/h1-4,9,12,15H,5-8H2,(H,17,19). The Morgan fingerprint density at radius 1 is 1.43 bits per heavy atom. The Hall–Kier alpha value is -1.86. The van der Waals surface area contributed by atoms with Gasteiger partial charge in [-0.25, -0.2) is 0 Å². The molecular formula is C14H16N4O2S. The largest absolute Gasteiger partial charge is 0.342 e. The molecular weight excluding hydrogens is 288 g/mol. The molecule has 110 valence electrons. The minimum Gasteiger partial charge on any atom is -0.342 e. The minimum atomic E-state index is 0.0299. The predicted octanol–water partition coefficient (Wildman–Crippen LogP) is 1.77. The molecule has 1 aliphatic heterocycles. The second-order valence-corrected chi connectivity index (χ2v) is 5.96. The van der Waals surface area contributed by atoms with Crippen molar-refractivity contribution >= 4 is 23.4 Å². The second kappa shape index (κ2) is 6.73. The first-order chi connectivity index (χ1) is 10.3. The number of hydrogen-bond donors (Lipinski definition) is 2. The van der Waals surface area contributed by atoms with Crippen molar-refractivity contribution in [2.45, 2.75) is 12.5 Å². The monoisotopic (exact) mass is 304 g/mol. The maximum Gasteiger partial charge on any atom is 0.225 e. The van der Waals surface area contributed by atoms with Gasteiger partial charge in [0.25, 0.3) is 0 Å². The zero-order chi connectivity index (χ0) is 14.5. The van der Waals surface area contributed by atoms with Crippen LogP contribution in [0, 0.1) is 0 Å². The van der Waals surface area contributed by atoms with Crippen molar-refractivity contribution in [1.82, 2.24) is 15.5 Å². The van der Waals surface area contributed by atoms with Crippen molar-refractivity contribution in [3.63, 3.8) is 0 Å². The highest BCUT2D eigenvalue weighted by atomic mass is 32.2. The number of amides is 1. The van der Waals surface area contributed by atoms with Crippen molar-refractivity contribution in [3.8, 4) is 11.4 Å². The molecule has 1 saturated heterocycles. The fraction of sp³-hybridized carbons (Fsp3) is 0.357. The highest BCUT2D eigenvalue weighted by Gasteiger charge is 2.16. The number of thioether (sulfide) groups is 1. The Bertz CT molecular complexity index is 580. The highest BCUT2D eigenvalue weighted by Crippen LogP contribution is 2.18. The fourth-order valence-corrected chi connectivity index (χ4v) is 3.14. The van der Waals surface area contributed by atoms with Gasteiger partial charge in [0, 0.05) is 41.8 Å². The summed E-state index contributed by atoms with van der Waals surface area (Å²) >= 11 is 1.89. The third-order valence-corrected chi connectivity index (χ3v) is 4.35. The summed E-state index contributed by atoms with van der Waals surface area (Å²) in [6.07, 6.45) is 1.79. The van der Waals surface area contributed by atoms with E-state index in [9.17, 15) is 4.79 Å². The Morgan fingerprint density at radius 2 is 2.29 bits per heavy atom. The molecule has 1 aromatic carbocycles. The average Bonchev–Trinajstić information content (AvgIpc) is 3.03. The average molecular weight is 304 g/mol. The normalized spacial score (nSPS) is 18.4. The molecule has 21 heavy (non-hydrogen) atoms. The first kappa shape index (κ1) is 14.1. The molecule has 2 aromatic rings. The first-order valence-corrected chi connectivity index (χ1v) is 7.94. The molecule has 0 saturated carbocycles. The number of hydrogen-bond acceptors (Lipinski definition) is 6. The van der Waals surface area contributed by atoms with Crippen LogP contribution in [0.5, 0.6) is 0 Å². The molecule has 6 nitrogen and oxygen atoms in total. The number of rotatable bonds is 4. The summed E-state index contributed by atoms with van der Waals surface area (Å²) in [5, 5.41) is 10.0. The summed E-state index contributed by atoms with van der Waals surface area (Å²) < 4.78 is 4.71. The molecule has 2 N–H and O–H groups in total. The van der Waals surface area contributed by atoms with Crippen molar-refractivity contribution in [2.24, 2.45) is 0 Å². The van der Waals surface area contributed by atoms with Crippen LogP contribution >= 0.6 is 11.8 Å². The van der Waals surface area contributed by atoms with E-state index < -0.39 is 0 Å². The summed E-state index contributed by atoms with van der Waals surface area (Å²) in [4.78, 5) is 16.0. The number of nitrogens with zero attached hydrogens (tertiary/aromatic N) is 2. The van der Waals surface area contributed by atoms with Crippen LogP contribution in [0.3, 0.4) is 0 Å². The molecule has 1 aromatic heterocycles. The van der Waals surface area contributed by atoms with Crippen LogP contribution in [-0.2, 0) is 4.79 Å². The number of anilines is 1. The molecule has 2 heterocycles. The lowest BCUT2D eigenvalue weighted by atomic mass is 10.2. The molecule has 0 radical (unpaired) electrons. The first-order valence-electron chi connectivity index (χ1n) is 6.79. The lowest BCUT2D eigenvalue weighted by Crippen LogP contribution is -2.39. The number of carbonyl (C=O) groups excluding carboxylic acids is 1. The zero-order valence-corrected chi connectivity index (χ0v) is 12.2. The Kier molecular flexibility index (Phi) is 4.52. The van der Waals surface area contributed by atoms with Crippen LogP contribution in [0.4, 0.5) is 5.69 Å². The van der Waals surface area contributed by atoms with E-state index in [2.05, 4.69) is 20.8 Å². The van der Waals surface area contributed by atoms with E-state index in [1.807, 2.05) is 36.0 Å². The zero-order valence-electron chi connectivity index (χ0n) is 11.4. The van der Waals surface area contributed by atoms with E-state index in [1.54, 1.807) is 0 Å². The van der Waals surface area contributed by atoms with Crippen molar-refractivity contribution in [2.75, 3.05) is 23.4 Å². The summed E-state index contributed by atoms with van der Waals surface area (Å²) in [5.41, 5.74) is 1.63. The van der Waals surface area contributed by atoms with E-state index in [0.29, 0.717) is 12.2 Å². The van der Waals surface area contributed by atoms with Crippen molar-refractivity contribution < 1.29 is 9.32 Å². The van der Waals surface area contributed by atoms with Gasteiger partial charge >= 0.3 is 0 Å². The predicted molar refractivity (Wildman–Crippen MR) is 82.1 cm³/mol. The van der Waals surface area contributed by atoms with Crippen molar-refractivity contribution in [1.29, 1.82) is 0 Å². The van der Waals surface area contributed by atoms with Crippen LogP contribution < -0.4 is 10.6 Å². The molecule has 1 fully saturated rings. The lowest BCUT2D eigenvalue weighted by Gasteiger charge is -2.22. The maximum atomic E-state index is 12.0. The van der Waals surface area contributed by atoms with Gasteiger partial charge in [0.1, 0.15) is 0 Å². The number of aromatic nitrogens is 2. The van der Waals surface area contributed by atoms with Gasteiger partial charge in [0.15, 0.2) is 0 Å². The third-order valence-electron chi connectivity index (χ3n) is 3.22. The molecule has 7 heteroatoms. The van der Waals surface area contributed by atoms with E-state index in [4.69, 9.17) is 4.52 Å². The number of benzene rings is 1. The molecule has 0 bridgehead atoms. The van der Waals surface area contributed by atoms with Gasteiger partial charge in [-0.05, 0) is 24.3 Å². The SMILES string of the molecule is O=C(CC1CSCCN1)Nc1ccc(-c2ncon2)cc1. The topological polar surface area (TPSA) is 80.0 Å². The van der Waals surface area contributed by atoms with E-state index in [-0.39, 0.29) is 11.9 Å². The van der Waals surface area contributed by atoms with Crippen LogP contribution in [0.15, 0.2) is 35.2 Å². The quantitative estimate of drug-likeness (QED) is 0.896. The van der Waals surface area contributed by atoms with Gasteiger partial charge in [-0.1, -0.05) is 5.16 Å². The number of carbonyl (C=O) groups is 1. The summed E-state index contributed by atoms with van der Waals surface area (Å²) in [5.74, 6) is 2.68. The Balaban J connectivity index is 1.56.